The largest absolute Gasteiger partial charge is 0.303 e. The van der Waals surface area contributed by atoms with Gasteiger partial charge >= 0.3 is 0 Å². The first kappa shape index (κ1) is 22.6. The summed E-state index contributed by atoms with van der Waals surface area (Å²) in [6.07, 6.45) is 7.31. The van der Waals surface area contributed by atoms with E-state index in [1.54, 1.807) is 18.2 Å². The second kappa shape index (κ2) is 10.4. The van der Waals surface area contributed by atoms with Gasteiger partial charge in [-0.1, -0.05) is 6.42 Å². The van der Waals surface area contributed by atoms with Crippen molar-refractivity contribution in [3.63, 3.8) is 0 Å². The molecule has 2 N–H and O–H groups in total. The van der Waals surface area contributed by atoms with Crippen molar-refractivity contribution in [3.8, 4) is 10.6 Å². The van der Waals surface area contributed by atoms with Gasteiger partial charge in [0, 0.05) is 18.7 Å². The Morgan fingerprint density at radius 2 is 1.84 bits per heavy atom. The number of nitrogens with one attached hydrogen (secondary N) is 2. The molecule has 0 radical (unpaired) electrons. The number of nitrogens with zero attached hydrogens (tertiary/aromatic N) is 3. The van der Waals surface area contributed by atoms with E-state index in [0.29, 0.717) is 17.1 Å². The summed E-state index contributed by atoms with van der Waals surface area (Å²) in [4.78, 5) is 17.0. The van der Waals surface area contributed by atoms with Gasteiger partial charge in [-0.15, -0.1) is 11.3 Å². The molecular weight excluding hydrogens is 434 g/mol. The van der Waals surface area contributed by atoms with Crippen molar-refractivity contribution in [1.29, 1.82) is 0 Å². The highest BCUT2D eigenvalue weighted by molar-refractivity contribution is 7.91. The molecule has 8 nitrogen and oxygen atoms in total. The fourth-order valence-corrected chi connectivity index (χ4v) is 6.85. The minimum atomic E-state index is -3.54. The van der Waals surface area contributed by atoms with Crippen molar-refractivity contribution in [2.45, 2.75) is 48.8 Å². The van der Waals surface area contributed by atoms with Crippen molar-refractivity contribution < 1.29 is 8.42 Å². The summed E-state index contributed by atoms with van der Waals surface area (Å²) in [7, 11) is -3.54. The maximum absolute atomic E-state index is 12.6. The predicted molar refractivity (Wildman–Crippen MR) is 123 cm³/mol. The molecule has 4 heterocycles. The molecule has 0 saturated carbocycles. The summed E-state index contributed by atoms with van der Waals surface area (Å²) in [6.45, 7) is 6.08. The number of thiophene rings is 1. The molecule has 0 unspecified atom stereocenters. The lowest BCUT2D eigenvalue weighted by Crippen LogP contribution is -2.47. The summed E-state index contributed by atoms with van der Waals surface area (Å²) in [5, 5.41) is 6.32. The molecule has 0 bridgehead atoms. The minimum absolute atomic E-state index is 0.262. The quantitative estimate of drug-likeness (QED) is 0.580. The molecule has 0 amide bonds. The molecule has 31 heavy (non-hydrogen) atoms. The highest BCUT2D eigenvalue weighted by Crippen LogP contribution is 2.28. The van der Waals surface area contributed by atoms with E-state index >= 15 is 0 Å². The van der Waals surface area contributed by atoms with Crippen molar-refractivity contribution in [3.05, 3.63) is 34.6 Å². The molecule has 170 valence electrons. The first-order valence-electron chi connectivity index (χ1n) is 11.1. The van der Waals surface area contributed by atoms with E-state index < -0.39 is 10.0 Å². The van der Waals surface area contributed by atoms with E-state index in [1.165, 1.54) is 51.3 Å². The first-order chi connectivity index (χ1) is 15.0. The van der Waals surface area contributed by atoms with Crippen LogP contribution in [0.25, 0.3) is 10.6 Å². The number of likely N-dealkylation sites (tertiary alicyclic amines) is 2. The molecule has 2 aromatic rings. The van der Waals surface area contributed by atoms with Crippen LogP contribution in [-0.2, 0) is 10.0 Å². The lowest BCUT2D eigenvalue weighted by atomic mass is 10.00. The first-order valence-corrected chi connectivity index (χ1v) is 13.4. The highest BCUT2D eigenvalue weighted by atomic mass is 32.2. The van der Waals surface area contributed by atoms with Gasteiger partial charge in [-0.25, -0.2) is 18.2 Å². The van der Waals surface area contributed by atoms with Gasteiger partial charge in [0.15, 0.2) is 0 Å². The van der Waals surface area contributed by atoms with Crippen molar-refractivity contribution in [2.75, 3.05) is 39.3 Å². The number of hydrogen-bond donors (Lipinski definition) is 2. The third-order valence-corrected chi connectivity index (χ3v) is 9.25. The third-order valence-electron chi connectivity index (χ3n) is 6.19. The number of aromatic amines is 1. The molecule has 0 aromatic carbocycles. The Kier molecular flexibility index (Phi) is 7.55. The fourth-order valence-electron chi connectivity index (χ4n) is 4.46. The van der Waals surface area contributed by atoms with Gasteiger partial charge in [-0.3, -0.25) is 4.79 Å². The van der Waals surface area contributed by atoms with E-state index in [0.717, 1.165) is 43.4 Å². The summed E-state index contributed by atoms with van der Waals surface area (Å²) in [6, 6.07) is 7.00. The van der Waals surface area contributed by atoms with Crippen LogP contribution in [0.3, 0.4) is 0 Å². The van der Waals surface area contributed by atoms with Gasteiger partial charge in [0.1, 0.15) is 9.90 Å². The van der Waals surface area contributed by atoms with Crippen molar-refractivity contribution in [2.24, 2.45) is 0 Å². The van der Waals surface area contributed by atoms with Crippen molar-refractivity contribution >= 4 is 21.4 Å². The molecule has 2 saturated heterocycles. The molecule has 0 aliphatic carbocycles. The topological polar surface area (TPSA) is 98.4 Å². The van der Waals surface area contributed by atoms with E-state index in [9.17, 15) is 13.2 Å². The smallest absolute Gasteiger partial charge is 0.264 e. The van der Waals surface area contributed by atoms with E-state index in [2.05, 4.69) is 24.7 Å². The Balaban J connectivity index is 1.20. The summed E-state index contributed by atoms with van der Waals surface area (Å²) >= 11 is 1.15. The van der Waals surface area contributed by atoms with Crippen LogP contribution in [-0.4, -0.2) is 73.7 Å². The molecule has 2 aromatic heterocycles. The van der Waals surface area contributed by atoms with Gasteiger partial charge in [0.05, 0.1) is 4.88 Å². The fraction of sp³-hybridized carbons (Fsp3) is 0.619. The zero-order valence-electron chi connectivity index (χ0n) is 17.8. The number of piperidine rings is 2. The molecule has 2 fully saturated rings. The van der Waals surface area contributed by atoms with Gasteiger partial charge in [0.2, 0.25) is 10.0 Å². The van der Waals surface area contributed by atoms with Gasteiger partial charge in [-0.05, 0) is 83.0 Å². The minimum Gasteiger partial charge on any atom is -0.303 e. The highest BCUT2D eigenvalue weighted by Gasteiger charge is 2.25. The number of rotatable bonds is 8. The average molecular weight is 466 g/mol. The Morgan fingerprint density at radius 3 is 2.55 bits per heavy atom. The standard InChI is InChI=1S/C21H31N5O3S2/c27-20-7-5-18(23-24-20)19-6-8-21(30-19)31(28,29)22-11-4-12-25-15-9-17(10-16-25)26-13-2-1-3-14-26/h5-8,17,22H,1-4,9-16H2,(H,24,27). The summed E-state index contributed by atoms with van der Waals surface area (Å²) < 4.78 is 28.2. The average Bonchev–Trinajstić information content (AvgIpc) is 3.30. The molecule has 2 aliphatic heterocycles. The molecule has 10 heteroatoms. The van der Waals surface area contributed by atoms with Crippen LogP contribution in [0.5, 0.6) is 0 Å². The van der Waals surface area contributed by atoms with E-state index in [-0.39, 0.29) is 9.77 Å². The van der Waals surface area contributed by atoms with Crippen LogP contribution in [0.15, 0.2) is 33.3 Å². The van der Waals surface area contributed by atoms with Crippen LogP contribution in [0.1, 0.15) is 38.5 Å². The van der Waals surface area contributed by atoms with E-state index in [1.807, 2.05) is 0 Å². The van der Waals surface area contributed by atoms with Crippen LogP contribution in [0.2, 0.25) is 0 Å². The lowest BCUT2D eigenvalue weighted by molar-refractivity contribution is 0.0923. The van der Waals surface area contributed by atoms with Crippen LogP contribution in [0.4, 0.5) is 0 Å². The van der Waals surface area contributed by atoms with Gasteiger partial charge in [-0.2, -0.15) is 5.10 Å². The van der Waals surface area contributed by atoms with Gasteiger partial charge < -0.3 is 9.80 Å². The van der Waals surface area contributed by atoms with Crippen LogP contribution in [0, 0.1) is 0 Å². The summed E-state index contributed by atoms with van der Waals surface area (Å²) in [5.74, 6) is 0. The molecule has 0 atom stereocenters. The normalized spacial score (nSPS) is 19.6. The molecule has 4 rings (SSSR count). The molecule has 2 aliphatic rings. The SMILES string of the molecule is O=c1ccc(-c2ccc(S(=O)(=O)NCCCN3CCC(N4CCCCC4)CC3)s2)n[nH]1. The lowest BCUT2D eigenvalue weighted by Gasteiger charge is -2.40. The number of H-pyrrole nitrogens is 1. The molecule has 0 spiro atoms. The Labute approximate surface area is 187 Å². The Bertz CT molecular complexity index is 986. The van der Waals surface area contributed by atoms with E-state index in [4.69, 9.17) is 0 Å². The Hall–Kier alpha value is -1.59. The Morgan fingerprint density at radius 1 is 1.06 bits per heavy atom. The second-order valence-electron chi connectivity index (χ2n) is 8.35. The number of aromatic nitrogens is 2. The zero-order chi connectivity index (χ0) is 21.7. The third kappa shape index (κ3) is 6.01. The predicted octanol–water partition coefficient (Wildman–Crippen LogP) is 2.12. The molecular formula is C21H31N5O3S2. The van der Waals surface area contributed by atoms with Crippen LogP contribution < -0.4 is 10.3 Å². The van der Waals surface area contributed by atoms with Crippen molar-refractivity contribution in [1.82, 2.24) is 24.7 Å². The zero-order valence-corrected chi connectivity index (χ0v) is 19.4. The second-order valence-corrected chi connectivity index (χ2v) is 11.4. The van der Waals surface area contributed by atoms with Crippen LogP contribution >= 0.6 is 11.3 Å². The monoisotopic (exact) mass is 465 g/mol. The summed E-state index contributed by atoms with van der Waals surface area (Å²) in [5.41, 5.74) is 0.268. The maximum Gasteiger partial charge on any atom is 0.264 e. The number of sulfonamides is 1. The maximum atomic E-state index is 12.6. The number of hydrogen-bond acceptors (Lipinski definition) is 7. The van der Waals surface area contributed by atoms with Gasteiger partial charge in [0.25, 0.3) is 5.56 Å².